The lowest BCUT2D eigenvalue weighted by molar-refractivity contribution is -0.383. The quantitative estimate of drug-likeness (QED) is 0.382. The second-order valence-corrected chi connectivity index (χ2v) is 7.66. The maximum atomic E-state index is 12.3. The number of benzene rings is 2. The number of methoxy groups -OCH3 is 1. The number of nitrogens with one attached hydrogen (secondary N) is 2. The Morgan fingerprint density at radius 3 is 2.35 bits per heavy atom. The molecule has 0 bridgehead atoms. The highest BCUT2D eigenvalue weighted by molar-refractivity contribution is 5.81. The van der Waals surface area contributed by atoms with Gasteiger partial charge in [0.15, 0.2) is 0 Å². The third-order valence-electron chi connectivity index (χ3n) is 5.53. The number of hydrogen-bond donors (Lipinski definition) is 2. The molecule has 2 aromatic carbocycles. The highest BCUT2D eigenvalue weighted by atomic mass is 16.6. The van der Waals surface area contributed by atoms with Crippen molar-refractivity contribution in [2.45, 2.75) is 6.42 Å². The van der Waals surface area contributed by atoms with Crippen LogP contribution in [0.3, 0.4) is 0 Å². The summed E-state index contributed by atoms with van der Waals surface area (Å²) in [5, 5.41) is 11.9. The topological polar surface area (TPSA) is 126 Å². The number of ether oxygens (including phenoxy) is 1. The van der Waals surface area contributed by atoms with E-state index < -0.39 is 4.92 Å². The Bertz CT molecular complexity index is 1130. The van der Waals surface area contributed by atoms with Crippen LogP contribution in [0.2, 0.25) is 0 Å². The molecule has 2 heterocycles. The predicted octanol–water partition coefficient (Wildman–Crippen LogP) is 2.41. The second kappa shape index (κ2) is 10.5. The zero-order chi connectivity index (χ0) is 23.9. The fourth-order valence-electron chi connectivity index (χ4n) is 3.78. The number of anilines is 3. The Kier molecular flexibility index (Phi) is 7.01. The van der Waals surface area contributed by atoms with Gasteiger partial charge in [-0.25, -0.2) is 9.97 Å². The minimum atomic E-state index is -0.531. The van der Waals surface area contributed by atoms with Gasteiger partial charge in [0.25, 0.3) is 0 Å². The van der Waals surface area contributed by atoms with Crippen molar-refractivity contribution in [1.82, 2.24) is 15.4 Å². The van der Waals surface area contributed by atoms with Crippen molar-refractivity contribution in [1.29, 1.82) is 0 Å². The van der Waals surface area contributed by atoms with E-state index in [9.17, 15) is 14.9 Å². The van der Waals surface area contributed by atoms with Crippen LogP contribution in [0, 0.1) is 10.1 Å². The van der Waals surface area contributed by atoms with Gasteiger partial charge in [-0.2, -0.15) is 0 Å². The highest BCUT2D eigenvalue weighted by Gasteiger charge is 2.29. The van der Waals surface area contributed by atoms with E-state index in [1.165, 1.54) is 6.33 Å². The number of carbonyl (C=O) groups is 1. The number of rotatable bonds is 8. The summed E-state index contributed by atoms with van der Waals surface area (Å²) in [6.07, 6.45) is 1.39. The van der Waals surface area contributed by atoms with Crippen LogP contribution in [0.15, 0.2) is 60.9 Å². The normalized spacial score (nSPS) is 13.3. The molecule has 0 aliphatic carbocycles. The zero-order valence-corrected chi connectivity index (χ0v) is 18.7. The first-order valence-corrected chi connectivity index (χ1v) is 10.8. The van der Waals surface area contributed by atoms with E-state index in [4.69, 9.17) is 4.74 Å². The summed E-state index contributed by atoms with van der Waals surface area (Å²) in [6, 6.07) is 17.0. The first-order valence-electron chi connectivity index (χ1n) is 10.8. The number of aromatic nitrogens is 2. The molecule has 0 unspecified atom stereocenters. The molecule has 1 amide bonds. The molecule has 11 nitrogen and oxygen atoms in total. The molecule has 176 valence electrons. The molecule has 1 aliphatic heterocycles. The molecule has 0 saturated carbocycles. The van der Waals surface area contributed by atoms with Crippen LogP contribution in [0.1, 0.15) is 5.56 Å². The minimum Gasteiger partial charge on any atom is -0.497 e. The predicted molar refractivity (Wildman–Crippen MR) is 128 cm³/mol. The molecule has 1 aliphatic rings. The lowest BCUT2D eigenvalue weighted by atomic mass is 10.1. The Balaban J connectivity index is 1.42. The first-order chi connectivity index (χ1) is 16.5. The van der Waals surface area contributed by atoms with E-state index in [1.54, 1.807) is 7.11 Å². The molecular weight excluding hydrogens is 438 g/mol. The van der Waals surface area contributed by atoms with Gasteiger partial charge in [0, 0.05) is 31.9 Å². The molecule has 0 radical (unpaired) electrons. The van der Waals surface area contributed by atoms with E-state index in [-0.39, 0.29) is 29.7 Å². The lowest BCUT2D eigenvalue weighted by Gasteiger charge is -2.36. The Morgan fingerprint density at radius 2 is 1.71 bits per heavy atom. The van der Waals surface area contributed by atoms with Crippen LogP contribution in [-0.4, -0.2) is 54.1 Å². The zero-order valence-electron chi connectivity index (χ0n) is 18.7. The van der Waals surface area contributed by atoms with Crippen LogP contribution in [0.25, 0.3) is 0 Å². The molecule has 11 heteroatoms. The molecule has 1 saturated heterocycles. The van der Waals surface area contributed by atoms with Crippen LogP contribution < -0.4 is 25.4 Å². The van der Waals surface area contributed by atoms with Gasteiger partial charge >= 0.3 is 5.69 Å². The fourth-order valence-corrected chi connectivity index (χ4v) is 3.78. The average Bonchev–Trinajstić information content (AvgIpc) is 2.88. The maximum absolute atomic E-state index is 12.3. The third kappa shape index (κ3) is 5.31. The van der Waals surface area contributed by atoms with Gasteiger partial charge in [-0.1, -0.05) is 30.3 Å². The van der Waals surface area contributed by atoms with Crippen molar-refractivity contribution in [3.8, 4) is 5.75 Å². The Labute approximate surface area is 196 Å². The minimum absolute atomic E-state index is 0.0611. The van der Waals surface area contributed by atoms with E-state index in [2.05, 4.69) is 25.7 Å². The highest BCUT2D eigenvalue weighted by Crippen LogP contribution is 2.32. The Hall–Kier alpha value is -4.41. The summed E-state index contributed by atoms with van der Waals surface area (Å²) < 4.78 is 5.21. The molecule has 1 aromatic heterocycles. The van der Waals surface area contributed by atoms with Crippen molar-refractivity contribution in [3.63, 3.8) is 0 Å². The summed E-state index contributed by atoms with van der Waals surface area (Å²) in [7, 11) is 1.63. The molecule has 34 heavy (non-hydrogen) atoms. The van der Waals surface area contributed by atoms with Gasteiger partial charge in [-0.05, 0) is 29.8 Å². The second-order valence-electron chi connectivity index (χ2n) is 7.66. The largest absolute Gasteiger partial charge is 0.497 e. The molecule has 0 spiro atoms. The van der Waals surface area contributed by atoms with Crippen LogP contribution in [0.5, 0.6) is 5.75 Å². The van der Waals surface area contributed by atoms with Crippen LogP contribution in [-0.2, 0) is 11.2 Å². The molecular formula is C23H25N7O4. The standard InChI is InChI=1S/C23H25N7O4/c1-34-19-9-7-18(8-10-19)28-11-13-29(14-12-28)23-21(30(32)33)22(24-16-25-23)27-26-20(31)15-17-5-3-2-4-6-17/h2-10,16H,11-15H2,1H3,(H,26,31)(H,24,25,27). The van der Waals surface area contributed by atoms with E-state index in [0.717, 1.165) is 17.0 Å². The van der Waals surface area contributed by atoms with Crippen molar-refractivity contribution in [3.05, 3.63) is 76.6 Å². The summed E-state index contributed by atoms with van der Waals surface area (Å²) in [5.41, 5.74) is 6.70. The summed E-state index contributed by atoms with van der Waals surface area (Å²) in [5.74, 6) is 0.604. The smallest absolute Gasteiger partial charge is 0.355 e. The van der Waals surface area contributed by atoms with Gasteiger partial charge in [0.1, 0.15) is 12.1 Å². The summed E-state index contributed by atoms with van der Waals surface area (Å²) in [4.78, 5) is 35.8. The SMILES string of the molecule is COc1ccc(N2CCN(c3ncnc(NNC(=O)Cc4ccccc4)c3[N+](=O)[O-])CC2)cc1. The number of hydrogen-bond acceptors (Lipinski definition) is 9. The Morgan fingerprint density at radius 1 is 1.03 bits per heavy atom. The monoisotopic (exact) mass is 463 g/mol. The lowest BCUT2D eigenvalue weighted by Crippen LogP contribution is -2.47. The van der Waals surface area contributed by atoms with Crippen molar-refractivity contribution < 1.29 is 14.5 Å². The number of nitro groups is 1. The molecule has 0 atom stereocenters. The third-order valence-corrected chi connectivity index (χ3v) is 5.53. The van der Waals surface area contributed by atoms with Gasteiger partial charge < -0.3 is 14.5 Å². The van der Waals surface area contributed by atoms with Gasteiger partial charge in [0.2, 0.25) is 17.5 Å². The van der Waals surface area contributed by atoms with E-state index >= 15 is 0 Å². The number of nitrogens with zero attached hydrogens (tertiary/aromatic N) is 5. The van der Waals surface area contributed by atoms with Gasteiger partial charge in [-0.15, -0.1) is 0 Å². The summed E-state index contributed by atoms with van der Waals surface area (Å²) >= 11 is 0. The fraction of sp³-hybridized carbons (Fsp3) is 0.261. The van der Waals surface area contributed by atoms with Crippen LogP contribution >= 0.6 is 0 Å². The van der Waals surface area contributed by atoms with Crippen molar-refractivity contribution in [2.75, 3.05) is 48.5 Å². The molecule has 1 fully saturated rings. The van der Waals surface area contributed by atoms with Crippen molar-refractivity contribution in [2.24, 2.45) is 0 Å². The van der Waals surface area contributed by atoms with Crippen molar-refractivity contribution >= 4 is 28.9 Å². The van der Waals surface area contributed by atoms with Gasteiger partial charge in [-0.3, -0.25) is 25.8 Å². The first kappa shape index (κ1) is 22.8. The van der Waals surface area contributed by atoms with Crippen LogP contribution in [0.4, 0.5) is 23.0 Å². The molecule has 2 N–H and O–H groups in total. The molecule has 3 aromatic rings. The maximum Gasteiger partial charge on any atom is 0.355 e. The van der Waals surface area contributed by atoms with Gasteiger partial charge in [0.05, 0.1) is 18.5 Å². The number of carbonyl (C=O) groups excluding carboxylic acids is 1. The van der Waals surface area contributed by atoms with E-state index in [1.807, 2.05) is 59.5 Å². The molecule has 4 rings (SSSR count). The number of piperazine rings is 1. The number of hydrazine groups is 1. The van der Waals surface area contributed by atoms with E-state index in [0.29, 0.717) is 26.2 Å². The summed E-state index contributed by atoms with van der Waals surface area (Å²) in [6.45, 7) is 2.43. The number of amides is 1. The average molecular weight is 463 g/mol.